The molecule has 3 rings (SSSR count). The standard InChI is InChI=1S/C18H19ClN4O/c1-20-18(24)15-4-3-8-21-17(15)22-9-7-12-11-23(2)16-10-13(19)5-6-14(12)16/h3-6,8,10-11H,7,9H2,1-2H3,(H,20,24)(H,21,22). The van der Waals surface area contributed by atoms with Gasteiger partial charge in [0, 0.05) is 49.0 Å². The van der Waals surface area contributed by atoms with Crippen LogP contribution in [-0.2, 0) is 13.5 Å². The molecule has 24 heavy (non-hydrogen) atoms. The van der Waals surface area contributed by atoms with E-state index in [1.807, 2.05) is 25.2 Å². The smallest absolute Gasteiger partial charge is 0.254 e. The highest BCUT2D eigenvalue weighted by atomic mass is 35.5. The molecule has 5 nitrogen and oxygen atoms in total. The minimum atomic E-state index is -0.148. The molecule has 0 atom stereocenters. The Morgan fingerprint density at radius 1 is 1.33 bits per heavy atom. The number of carbonyl (C=O) groups excluding carboxylic acids is 1. The first-order chi connectivity index (χ1) is 11.6. The zero-order valence-electron chi connectivity index (χ0n) is 13.6. The van der Waals surface area contributed by atoms with Gasteiger partial charge >= 0.3 is 0 Å². The molecule has 0 aliphatic heterocycles. The second-order valence-electron chi connectivity index (χ2n) is 5.58. The van der Waals surface area contributed by atoms with Crippen molar-refractivity contribution in [2.24, 2.45) is 7.05 Å². The van der Waals surface area contributed by atoms with Gasteiger partial charge in [-0.05, 0) is 36.2 Å². The maximum atomic E-state index is 11.9. The molecular formula is C18H19ClN4O. The van der Waals surface area contributed by atoms with Crippen molar-refractivity contribution in [3.8, 4) is 0 Å². The molecule has 0 unspecified atom stereocenters. The predicted octanol–water partition coefficient (Wildman–Crippen LogP) is 3.24. The maximum Gasteiger partial charge on any atom is 0.254 e. The van der Waals surface area contributed by atoms with E-state index in [1.54, 1.807) is 25.4 Å². The first-order valence-corrected chi connectivity index (χ1v) is 8.12. The number of rotatable bonds is 5. The van der Waals surface area contributed by atoms with Gasteiger partial charge in [-0.1, -0.05) is 17.7 Å². The summed E-state index contributed by atoms with van der Waals surface area (Å²) in [5, 5.41) is 7.81. The minimum absolute atomic E-state index is 0.148. The number of halogens is 1. The van der Waals surface area contributed by atoms with Gasteiger partial charge in [0.2, 0.25) is 0 Å². The number of pyridine rings is 1. The molecule has 0 fully saturated rings. The van der Waals surface area contributed by atoms with Gasteiger partial charge in [-0.25, -0.2) is 4.98 Å². The van der Waals surface area contributed by atoms with Crippen LogP contribution in [0.1, 0.15) is 15.9 Å². The number of hydrogen-bond donors (Lipinski definition) is 2. The van der Waals surface area contributed by atoms with Crippen LogP contribution < -0.4 is 10.6 Å². The summed E-state index contributed by atoms with van der Waals surface area (Å²) in [6.07, 6.45) is 4.61. The third-order valence-electron chi connectivity index (χ3n) is 4.00. The molecule has 0 bridgehead atoms. The number of nitrogens with zero attached hydrogens (tertiary/aromatic N) is 2. The largest absolute Gasteiger partial charge is 0.369 e. The molecule has 2 aromatic heterocycles. The first kappa shape index (κ1) is 16.3. The molecule has 6 heteroatoms. The van der Waals surface area contributed by atoms with Crippen LogP contribution in [0, 0.1) is 0 Å². The molecule has 0 saturated carbocycles. The Balaban J connectivity index is 1.75. The summed E-state index contributed by atoms with van der Waals surface area (Å²) in [5.41, 5.74) is 2.89. The average Bonchev–Trinajstić information content (AvgIpc) is 2.90. The Kier molecular flexibility index (Phi) is 4.71. The fraction of sp³-hybridized carbons (Fsp3) is 0.222. The summed E-state index contributed by atoms with van der Waals surface area (Å²) in [4.78, 5) is 16.1. The van der Waals surface area contributed by atoms with E-state index in [4.69, 9.17) is 11.6 Å². The predicted molar refractivity (Wildman–Crippen MR) is 97.7 cm³/mol. The second-order valence-corrected chi connectivity index (χ2v) is 6.02. The topological polar surface area (TPSA) is 59.0 Å². The number of amides is 1. The summed E-state index contributed by atoms with van der Waals surface area (Å²) in [7, 11) is 3.62. The third kappa shape index (κ3) is 3.21. The second kappa shape index (κ2) is 6.93. The number of aryl methyl sites for hydroxylation is 1. The van der Waals surface area contributed by atoms with Crippen molar-refractivity contribution in [1.29, 1.82) is 0 Å². The monoisotopic (exact) mass is 342 g/mol. The van der Waals surface area contributed by atoms with E-state index >= 15 is 0 Å². The highest BCUT2D eigenvalue weighted by molar-refractivity contribution is 6.31. The number of fused-ring (bicyclic) bond motifs is 1. The third-order valence-corrected chi connectivity index (χ3v) is 4.24. The van der Waals surface area contributed by atoms with E-state index in [0.29, 0.717) is 17.9 Å². The molecule has 3 aromatic rings. The van der Waals surface area contributed by atoms with E-state index < -0.39 is 0 Å². The quantitative estimate of drug-likeness (QED) is 0.748. The lowest BCUT2D eigenvalue weighted by atomic mass is 10.1. The number of nitrogens with one attached hydrogen (secondary N) is 2. The van der Waals surface area contributed by atoms with Crippen LogP contribution in [0.4, 0.5) is 5.82 Å². The Labute approximate surface area is 145 Å². The van der Waals surface area contributed by atoms with Crippen molar-refractivity contribution in [3.63, 3.8) is 0 Å². The molecule has 0 spiro atoms. The Hall–Kier alpha value is -2.53. The summed E-state index contributed by atoms with van der Waals surface area (Å²) >= 11 is 6.07. The van der Waals surface area contributed by atoms with Gasteiger partial charge in [-0.2, -0.15) is 0 Å². The van der Waals surface area contributed by atoms with Crippen molar-refractivity contribution in [2.45, 2.75) is 6.42 Å². The molecule has 1 amide bonds. The Bertz CT molecular complexity index is 888. The molecule has 0 aliphatic carbocycles. The molecule has 1 aromatic carbocycles. The van der Waals surface area contributed by atoms with Crippen molar-refractivity contribution in [3.05, 3.63) is 58.9 Å². The molecule has 2 N–H and O–H groups in total. The van der Waals surface area contributed by atoms with Gasteiger partial charge in [-0.3, -0.25) is 4.79 Å². The molecule has 0 saturated heterocycles. The van der Waals surface area contributed by atoms with Crippen molar-refractivity contribution < 1.29 is 4.79 Å². The van der Waals surface area contributed by atoms with Crippen LogP contribution in [0.3, 0.4) is 0 Å². The Morgan fingerprint density at radius 2 is 2.17 bits per heavy atom. The number of aromatic nitrogens is 2. The van der Waals surface area contributed by atoms with E-state index in [-0.39, 0.29) is 5.91 Å². The highest BCUT2D eigenvalue weighted by Gasteiger charge is 2.11. The molecule has 0 aliphatic rings. The fourth-order valence-electron chi connectivity index (χ4n) is 2.82. The van der Waals surface area contributed by atoms with E-state index in [0.717, 1.165) is 17.0 Å². The lowest BCUT2D eigenvalue weighted by molar-refractivity contribution is 0.0963. The van der Waals surface area contributed by atoms with E-state index in [2.05, 4.69) is 26.4 Å². The number of benzene rings is 1. The van der Waals surface area contributed by atoms with Crippen molar-refractivity contribution in [1.82, 2.24) is 14.9 Å². The van der Waals surface area contributed by atoms with Crippen LogP contribution >= 0.6 is 11.6 Å². The molecule has 2 heterocycles. The summed E-state index contributed by atoms with van der Waals surface area (Å²) in [6, 6.07) is 9.43. The Morgan fingerprint density at radius 3 is 2.96 bits per heavy atom. The van der Waals surface area contributed by atoms with Gasteiger partial charge < -0.3 is 15.2 Å². The highest BCUT2D eigenvalue weighted by Crippen LogP contribution is 2.24. The fourth-order valence-corrected chi connectivity index (χ4v) is 2.99. The summed E-state index contributed by atoms with van der Waals surface area (Å²) in [6.45, 7) is 0.683. The normalized spacial score (nSPS) is 10.8. The number of hydrogen-bond acceptors (Lipinski definition) is 3. The van der Waals surface area contributed by atoms with Gasteiger partial charge in [-0.15, -0.1) is 0 Å². The molecule has 124 valence electrons. The van der Waals surface area contributed by atoms with Gasteiger partial charge in [0.05, 0.1) is 5.56 Å². The van der Waals surface area contributed by atoms with Crippen molar-refractivity contribution in [2.75, 3.05) is 18.9 Å². The average molecular weight is 343 g/mol. The number of carbonyl (C=O) groups is 1. The van der Waals surface area contributed by atoms with E-state index in [9.17, 15) is 4.79 Å². The van der Waals surface area contributed by atoms with Crippen LogP contribution in [0.2, 0.25) is 5.02 Å². The lowest BCUT2D eigenvalue weighted by Gasteiger charge is -2.09. The zero-order chi connectivity index (χ0) is 17.1. The van der Waals surface area contributed by atoms with Crippen LogP contribution in [0.15, 0.2) is 42.7 Å². The lowest BCUT2D eigenvalue weighted by Crippen LogP contribution is -2.20. The van der Waals surface area contributed by atoms with Crippen LogP contribution in [0.25, 0.3) is 10.9 Å². The zero-order valence-corrected chi connectivity index (χ0v) is 14.4. The van der Waals surface area contributed by atoms with Crippen molar-refractivity contribution >= 4 is 34.2 Å². The molecule has 0 radical (unpaired) electrons. The van der Waals surface area contributed by atoms with Gasteiger partial charge in [0.1, 0.15) is 5.82 Å². The SMILES string of the molecule is CNC(=O)c1cccnc1NCCc1cn(C)c2cc(Cl)ccc12. The number of anilines is 1. The van der Waals surface area contributed by atoms with Crippen LogP contribution in [-0.4, -0.2) is 29.1 Å². The summed E-state index contributed by atoms with van der Waals surface area (Å²) < 4.78 is 2.08. The first-order valence-electron chi connectivity index (χ1n) is 7.74. The minimum Gasteiger partial charge on any atom is -0.369 e. The maximum absolute atomic E-state index is 11.9. The summed E-state index contributed by atoms with van der Waals surface area (Å²) in [5.74, 6) is 0.450. The van der Waals surface area contributed by atoms with Gasteiger partial charge in [0.15, 0.2) is 0 Å². The molecular weight excluding hydrogens is 324 g/mol. The van der Waals surface area contributed by atoms with Gasteiger partial charge in [0.25, 0.3) is 5.91 Å². The van der Waals surface area contributed by atoms with E-state index in [1.165, 1.54) is 10.9 Å². The van der Waals surface area contributed by atoms with Crippen LogP contribution in [0.5, 0.6) is 0 Å².